The first-order valence-electron chi connectivity index (χ1n) is 8.21. The summed E-state index contributed by atoms with van der Waals surface area (Å²) >= 11 is 4.89. The van der Waals surface area contributed by atoms with Crippen LogP contribution in [-0.4, -0.2) is 34.7 Å². The van der Waals surface area contributed by atoms with Gasteiger partial charge in [0.1, 0.15) is 5.92 Å². The fourth-order valence-electron chi connectivity index (χ4n) is 3.32. The van der Waals surface area contributed by atoms with Crippen LogP contribution in [0.5, 0.6) is 0 Å². The highest BCUT2D eigenvalue weighted by Gasteiger charge is 2.66. The van der Waals surface area contributed by atoms with Crippen LogP contribution in [0.1, 0.15) is 18.5 Å². The fourth-order valence-corrected chi connectivity index (χ4v) is 3.60. The van der Waals surface area contributed by atoms with E-state index in [4.69, 9.17) is 17.0 Å². The van der Waals surface area contributed by atoms with E-state index < -0.39 is 34.9 Å². The molecule has 0 bridgehead atoms. The minimum absolute atomic E-state index is 0.129. The van der Waals surface area contributed by atoms with Crippen LogP contribution in [0.2, 0.25) is 0 Å². The first-order chi connectivity index (χ1) is 12.7. The molecule has 0 aromatic heterocycles. The van der Waals surface area contributed by atoms with Gasteiger partial charge in [-0.15, -0.1) is 0 Å². The van der Waals surface area contributed by atoms with E-state index in [1.165, 1.54) is 6.92 Å². The largest absolute Gasteiger partial charge is 0.466 e. The van der Waals surface area contributed by atoms with E-state index in [-0.39, 0.29) is 6.61 Å². The summed E-state index contributed by atoms with van der Waals surface area (Å²) in [6, 6.07) is 10.9. The van der Waals surface area contributed by atoms with E-state index in [9.17, 15) is 23.1 Å². The molecule has 1 aliphatic heterocycles. The van der Waals surface area contributed by atoms with Crippen molar-refractivity contribution in [3.8, 4) is 0 Å². The third-order valence-electron chi connectivity index (χ3n) is 4.51. The Hall–Kier alpha value is -2.39. The molecule has 1 aliphatic rings. The van der Waals surface area contributed by atoms with Crippen LogP contribution in [0.4, 0.5) is 13.2 Å². The molecule has 3 N–H and O–H groups in total. The second kappa shape index (κ2) is 6.97. The van der Waals surface area contributed by atoms with Gasteiger partial charge in [0, 0.05) is 0 Å². The number of carbonyl (C=O) groups is 1. The number of hydrogen-bond donors (Lipinski definition) is 3. The lowest BCUT2D eigenvalue weighted by molar-refractivity contribution is -0.292. The third kappa shape index (κ3) is 3.32. The molecule has 3 rings (SSSR count). The number of nitrogens with one attached hydrogen (secondary N) is 2. The molecular formula is C18H17F3N2O3S. The SMILES string of the molecule is CCOC(=O)[C@H]1[C@H](c2cccc3ccccc23)NC(=S)N[C@@]1(O)C(F)(F)F. The number of hydrogen-bond acceptors (Lipinski definition) is 4. The maximum Gasteiger partial charge on any atom is 0.437 e. The van der Waals surface area contributed by atoms with Gasteiger partial charge in [-0.25, -0.2) is 0 Å². The van der Waals surface area contributed by atoms with Crippen LogP contribution in [0.15, 0.2) is 42.5 Å². The second-order valence-corrected chi connectivity index (χ2v) is 6.55. The van der Waals surface area contributed by atoms with Crippen molar-refractivity contribution < 1.29 is 27.8 Å². The molecule has 1 saturated heterocycles. The molecule has 5 nitrogen and oxygen atoms in total. The van der Waals surface area contributed by atoms with Crippen molar-refractivity contribution in [3.63, 3.8) is 0 Å². The van der Waals surface area contributed by atoms with Gasteiger partial charge in [-0.05, 0) is 35.5 Å². The molecule has 9 heteroatoms. The number of ether oxygens (including phenoxy) is 1. The smallest absolute Gasteiger partial charge is 0.437 e. The predicted octanol–water partition coefficient (Wildman–Crippen LogP) is 2.79. The lowest BCUT2D eigenvalue weighted by Gasteiger charge is -2.45. The number of fused-ring (bicyclic) bond motifs is 1. The maximum atomic E-state index is 13.7. The Balaban J connectivity index is 2.21. The molecule has 2 aromatic carbocycles. The number of benzene rings is 2. The summed E-state index contributed by atoms with van der Waals surface area (Å²) in [5, 5.41) is 16.0. The van der Waals surface area contributed by atoms with Crippen LogP contribution in [0.25, 0.3) is 10.8 Å². The number of thiocarbonyl (C=S) groups is 1. The van der Waals surface area contributed by atoms with Gasteiger partial charge in [-0.1, -0.05) is 42.5 Å². The Morgan fingerprint density at radius 3 is 2.59 bits per heavy atom. The molecule has 2 aromatic rings. The minimum Gasteiger partial charge on any atom is -0.466 e. The molecule has 0 radical (unpaired) electrons. The molecular weight excluding hydrogens is 381 g/mol. The molecule has 0 aliphatic carbocycles. The number of carbonyl (C=O) groups excluding carboxylic acids is 1. The maximum absolute atomic E-state index is 13.7. The summed E-state index contributed by atoms with van der Waals surface area (Å²) in [6.45, 7) is 1.35. The quantitative estimate of drug-likeness (QED) is 0.546. The number of halogens is 3. The van der Waals surface area contributed by atoms with E-state index in [1.807, 2.05) is 5.32 Å². The molecule has 144 valence electrons. The third-order valence-corrected chi connectivity index (χ3v) is 4.73. The van der Waals surface area contributed by atoms with Gasteiger partial charge in [-0.3, -0.25) is 4.79 Å². The average Bonchev–Trinajstić information content (AvgIpc) is 2.59. The minimum atomic E-state index is -5.17. The van der Waals surface area contributed by atoms with Gasteiger partial charge in [0.2, 0.25) is 0 Å². The van der Waals surface area contributed by atoms with Gasteiger partial charge < -0.3 is 20.5 Å². The molecule has 0 amide bonds. The van der Waals surface area contributed by atoms with Crippen LogP contribution in [0, 0.1) is 5.92 Å². The summed E-state index contributed by atoms with van der Waals surface area (Å²) in [7, 11) is 0. The Labute approximate surface area is 158 Å². The van der Waals surface area contributed by atoms with Crippen molar-refractivity contribution in [3.05, 3.63) is 48.0 Å². The van der Waals surface area contributed by atoms with Gasteiger partial charge in [0.15, 0.2) is 5.11 Å². The first-order valence-corrected chi connectivity index (χ1v) is 8.62. The molecule has 0 saturated carbocycles. The van der Waals surface area contributed by atoms with Crippen molar-refractivity contribution in [2.45, 2.75) is 24.9 Å². The van der Waals surface area contributed by atoms with Crippen LogP contribution < -0.4 is 10.6 Å². The molecule has 0 unspecified atom stereocenters. The Morgan fingerprint density at radius 1 is 1.26 bits per heavy atom. The van der Waals surface area contributed by atoms with Gasteiger partial charge in [-0.2, -0.15) is 13.2 Å². The summed E-state index contributed by atoms with van der Waals surface area (Å²) < 4.78 is 46.1. The summed E-state index contributed by atoms with van der Waals surface area (Å²) in [6.07, 6.45) is -5.17. The van der Waals surface area contributed by atoms with E-state index >= 15 is 0 Å². The molecule has 3 atom stereocenters. The lowest BCUT2D eigenvalue weighted by Crippen LogP contribution is -2.73. The Bertz CT molecular complexity index is 884. The molecule has 1 fully saturated rings. The van der Waals surface area contributed by atoms with Crippen molar-refractivity contribution in [2.24, 2.45) is 5.92 Å². The number of aliphatic hydroxyl groups is 1. The van der Waals surface area contributed by atoms with Crippen molar-refractivity contribution in [1.82, 2.24) is 10.6 Å². The van der Waals surface area contributed by atoms with Crippen LogP contribution in [-0.2, 0) is 9.53 Å². The highest BCUT2D eigenvalue weighted by Crippen LogP contribution is 2.44. The number of alkyl halides is 3. The highest BCUT2D eigenvalue weighted by molar-refractivity contribution is 7.80. The van der Waals surface area contributed by atoms with Crippen molar-refractivity contribution >= 4 is 34.1 Å². The zero-order valence-corrected chi connectivity index (χ0v) is 15.0. The molecule has 0 spiro atoms. The summed E-state index contributed by atoms with van der Waals surface area (Å²) in [5.74, 6) is -3.19. The van der Waals surface area contributed by atoms with Gasteiger partial charge >= 0.3 is 12.1 Å². The normalized spacial score (nSPS) is 25.6. The molecule has 1 heterocycles. The zero-order valence-electron chi connectivity index (χ0n) is 14.2. The van der Waals surface area contributed by atoms with Crippen LogP contribution >= 0.6 is 12.2 Å². The summed E-state index contributed by atoms with van der Waals surface area (Å²) in [5.41, 5.74) is -3.17. The predicted molar refractivity (Wildman–Crippen MR) is 96.7 cm³/mol. The topological polar surface area (TPSA) is 70.6 Å². The van der Waals surface area contributed by atoms with E-state index in [2.05, 4.69) is 5.32 Å². The van der Waals surface area contributed by atoms with E-state index in [1.54, 1.807) is 42.5 Å². The number of esters is 1. The Kier molecular flexibility index (Phi) is 5.00. The van der Waals surface area contributed by atoms with Crippen molar-refractivity contribution in [2.75, 3.05) is 6.61 Å². The first kappa shape index (κ1) is 19.4. The lowest BCUT2D eigenvalue weighted by atomic mass is 9.80. The van der Waals surface area contributed by atoms with Gasteiger partial charge in [0.05, 0.1) is 12.6 Å². The summed E-state index contributed by atoms with van der Waals surface area (Å²) in [4.78, 5) is 12.5. The molecule has 27 heavy (non-hydrogen) atoms. The number of rotatable bonds is 3. The van der Waals surface area contributed by atoms with E-state index in [0.29, 0.717) is 10.9 Å². The highest BCUT2D eigenvalue weighted by atomic mass is 32.1. The van der Waals surface area contributed by atoms with Crippen molar-refractivity contribution in [1.29, 1.82) is 0 Å². The van der Waals surface area contributed by atoms with Crippen LogP contribution in [0.3, 0.4) is 0 Å². The second-order valence-electron chi connectivity index (χ2n) is 6.14. The van der Waals surface area contributed by atoms with E-state index in [0.717, 1.165) is 5.39 Å². The zero-order chi connectivity index (χ0) is 19.8. The Morgan fingerprint density at radius 2 is 1.93 bits per heavy atom. The average molecular weight is 398 g/mol. The fraction of sp³-hybridized carbons (Fsp3) is 0.333. The monoisotopic (exact) mass is 398 g/mol. The standard InChI is InChI=1S/C18H17F3N2O3S/c1-2-26-15(24)13-14(22-16(27)23-17(13,25)18(19,20)21)12-9-5-7-10-6-3-4-8-11(10)12/h3-9,13-14,25H,2H2,1H3,(H2,22,23,27)/t13-,14+,17+/m1/s1. The van der Waals surface area contributed by atoms with Gasteiger partial charge in [0.25, 0.3) is 5.72 Å².